The van der Waals surface area contributed by atoms with Crippen LogP contribution < -0.4 is 5.43 Å². The van der Waals surface area contributed by atoms with E-state index in [9.17, 15) is 14.4 Å². The maximum atomic E-state index is 12.4. The molecule has 1 saturated heterocycles. The Balaban J connectivity index is 2.19. The molecule has 2 aliphatic heterocycles. The quantitative estimate of drug-likeness (QED) is 0.683. The summed E-state index contributed by atoms with van der Waals surface area (Å²) in [5.74, 6) is -0.552. The van der Waals surface area contributed by atoms with E-state index in [0.717, 1.165) is 0 Å². The minimum atomic E-state index is -0.881. The molecule has 7 nitrogen and oxygen atoms in total. The van der Waals surface area contributed by atoms with E-state index in [4.69, 9.17) is 0 Å². The second-order valence-electron chi connectivity index (χ2n) is 5.34. The van der Waals surface area contributed by atoms with Crippen molar-refractivity contribution in [2.75, 3.05) is 20.1 Å². The van der Waals surface area contributed by atoms with Gasteiger partial charge < -0.3 is 9.80 Å². The maximum Gasteiger partial charge on any atom is 0.271 e. The van der Waals surface area contributed by atoms with Gasteiger partial charge in [0.1, 0.15) is 11.3 Å². The van der Waals surface area contributed by atoms with Gasteiger partial charge in [0.2, 0.25) is 11.8 Å². The summed E-state index contributed by atoms with van der Waals surface area (Å²) in [5.41, 5.74) is 1.73. The number of hydrogen-bond acceptors (Lipinski definition) is 4. The molecule has 19 heavy (non-hydrogen) atoms. The van der Waals surface area contributed by atoms with Gasteiger partial charge in [0.05, 0.1) is 0 Å². The largest absolute Gasteiger partial charge is 0.342 e. The molecule has 2 aliphatic rings. The molecule has 0 atom stereocenters. The number of hydrazone groups is 1. The molecule has 0 bridgehead atoms. The van der Waals surface area contributed by atoms with Crippen molar-refractivity contribution < 1.29 is 14.4 Å². The highest BCUT2D eigenvalue weighted by Crippen LogP contribution is 2.22. The molecular formula is C12H18N4O3. The normalized spacial score (nSPS) is 23.0. The Kier molecular flexibility index (Phi) is 3.30. The van der Waals surface area contributed by atoms with Crippen molar-refractivity contribution in [3.8, 4) is 0 Å². The molecule has 0 aromatic carbocycles. The van der Waals surface area contributed by atoms with Crippen LogP contribution in [0.3, 0.4) is 0 Å². The third-order valence-electron chi connectivity index (χ3n) is 3.60. The number of piperazine rings is 1. The zero-order chi connectivity index (χ0) is 14.2. The zero-order valence-electron chi connectivity index (χ0n) is 11.4. The molecule has 0 saturated carbocycles. The Morgan fingerprint density at radius 2 is 1.95 bits per heavy atom. The van der Waals surface area contributed by atoms with Crippen LogP contribution in [0.25, 0.3) is 0 Å². The second kappa shape index (κ2) is 4.64. The van der Waals surface area contributed by atoms with Gasteiger partial charge in [-0.25, -0.2) is 5.43 Å². The first kappa shape index (κ1) is 13.5. The number of carbonyl (C=O) groups is 3. The van der Waals surface area contributed by atoms with Gasteiger partial charge in [-0.3, -0.25) is 14.4 Å². The van der Waals surface area contributed by atoms with Crippen LogP contribution >= 0.6 is 0 Å². The first-order valence-electron chi connectivity index (χ1n) is 6.27. The van der Waals surface area contributed by atoms with Crippen molar-refractivity contribution in [3.05, 3.63) is 0 Å². The SMILES string of the molecule is CN1CCN(C(=O)C2=NNC(=O)CC2)C(C)(C)C1=O. The minimum absolute atomic E-state index is 0.0902. The number of nitrogens with one attached hydrogen (secondary N) is 1. The third-order valence-corrected chi connectivity index (χ3v) is 3.60. The molecule has 7 heteroatoms. The monoisotopic (exact) mass is 266 g/mol. The van der Waals surface area contributed by atoms with E-state index in [0.29, 0.717) is 25.2 Å². The van der Waals surface area contributed by atoms with Gasteiger partial charge >= 0.3 is 0 Å². The van der Waals surface area contributed by atoms with Crippen LogP contribution in [0.5, 0.6) is 0 Å². The number of amides is 3. The van der Waals surface area contributed by atoms with Gasteiger partial charge in [-0.2, -0.15) is 5.10 Å². The van der Waals surface area contributed by atoms with E-state index in [2.05, 4.69) is 10.5 Å². The van der Waals surface area contributed by atoms with Crippen LogP contribution in [0, 0.1) is 0 Å². The highest BCUT2D eigenvalue weighted by Gasteiger charge is 2.44. The van der Waals surface area contributed by atoms with Crippen molar-refractivity contribution in [2.45, 2.75) is 32.2 Å². The van der Waals surface area contributed by atoms with E-state index in [1.165, 1.54) is 4.90 Å². The van der Waals surface area contributed by atoms with Crippen LogP contribution in [-0.2, 0) is 14.4 Å². The number of rotatable bonds is 1. The first-order valence-corrected chi connectivity index (χ1v) is 6.27. The highest BCUT2D eigenvalue weighted by atomic mass is 16.2. The number of nitrogens with zero attached hydrogens (tertiary/aromatic N) is 3. The van der Waals surface area contributed by atoms with Crippen molar-refractivity contribution in [2.24, 2.45) is 5.10 Å². The second-order valence-corrected chi connectivity index (χ2v) is 5.34. The third kappa shape index (κ3) is 2.32. The highest BCUT2D eigenvalue weighted by molar-refractivity contribution is 6.40. The van der Waals surface area contributed by atoms with E-state index < -0.39 is 5.54 Å². The molecule has 0 spiro atoms. The summed E-state index contributed by atoms with van der Waals surface area (Å²) in [7, 11) is 1.73. The molecule has 0 unspecified atom stereocenters. The van der Waals surface area contributed by atoms with Crippen LogP contribution in [0.2, 0.25) is 0 Å². The van der Waals surface area contributed by atoms with Crippen LogP contribution in [0.1, 0.15) is 26.7 Å². The van der Waals surface area contributed by atoms with Crippen molar-refractivity contribution in [1.82, 2.24) is 15.2 Å². The topological polar surface area (TPSA) is 82.1 Å². The molecule has 0 aromatic rings. The van der Waals surface area contributed by atoms with Crippen LogP contribution in [0.15, 0.2) is 5.10 Å². The lowest BCUT2D eigenvalue weighted by Crippen LogP contribution is -2.64. The van der Waals surface area contributed by atoms with Crippen LogP contribution in [0.4, 0.5) is 0 Å². The van der Waals surface area contributed by atoms with Crippen molar-refractivity contribution >= 4 is 23.4 Å². The van der Waals surface area contributed by atoms with E-state index in [1.54, 1.807) is 25.8 Å². The van der Waals surface area contributed by atoms with Gasteiger partial charge in [0.25, 0.3) is 5.91 Å². The molecule has 0 radical (unpaired) electrons. The predicted octanol–water partition coefficient (Wildman–Crippen LogP) is -0.668. The van der Waals surface area contributed by atoms with Gasteiger partial charge in [-0.05, 0) is 13.8 Å². The Bertz CT molecular complexity index is 470. The predicted molar refractivity (Wildman–Crippen MR) is 68.2 cm³/mol. The molecule has 2 heterocycles. The lowest BCUT2D eigenvalue weighted by molar-refractivity contribution is -0.154. The van der Waals surface area contributed by atoms with E-state index >= 15 is 0 Å². The van der Waals surface area contributed by atoms with Crippen LogP contribution in [-0.4, -0.2) is 58.9 Å². The number of hydrogen-bond donors (Lipinski definition) is 1. The molecule has 1 N–H and O–H groups in total. The van der Waals surface area contributed by atoms with Crippen molar-refractivity contribution in [3.63, 3.8) is 0 Å². The van der Waals surface area contributed by atoms with E-state index in [-0.39, 0.29) is 24.1 Å². The smallest absolute Gasteiger partial charge is 0.271 e. The Morgan fingerprint density at radius 1 is 1.26 bits per heavy atom. The average molecular weight is 266 g/mol. The van der Waals surface area contributed by atoms with E-state index in [1.807, 2.05) is 0 Å². The Labute approximate surface area is 111 Å². The lowest BCUT2D eigenvalue weighted by Gasteiger charge is -2.44. The fourth-order valence-electron chi connectivity index (χ4n) is 2.35. The molecule has 0 aliphatic carbocycles. The van der Waals surface area contributed by atoms with Crippen molar-refractivity contribution in [1.29, 1.82) is 0 Å². The fourth-order valence-corrected chi connectivity index (χ4v) is 2.35. The Morgan fingerprint density at radius 3 is 2.53 bits per heavy atom. The number of likely N-dealkylation sites (N-methyl/N-ethyl adjacent to an activating group) is 1. The summed E-state index contributed by atoms with van der Waals surface area (Å²) < 4.78 is 0. The lowest BCUT2D eigenvalue weighted by atomic mass is 9.96. The average Bonchev–Trinajstić information content (AvgIpc) is 2.36. The minimum Gasteiger partial charge on any atom is -0.342 e. The summed E-state index contributed by atoms with van der Waals surface area (Å²) in [5, 5.41) is 3.80. The van der Waals surface area contributed by atoms with Gasteiger partial charge in [0, 0.05) is 33.0 Å². The number of carbonyl (C=O) groups excluding carboxylic acids is 3. The fraction of sp³-hybridized carbons (Fsp3) is 0.667. The zero-order valence-corrected chi connectivity index (χ0v) is 11.4. The molecule has 0 aromatic heterocycles. The maximum absolute atomic E-state index is 12.4. The molecule has 2 rings (SSSR count). The summed E-state index contributed by atoms with van der Waals surface area (Å²) in [6.45, 7) is 4.43. The summed E-state index contributed by atoms with van der Waals surface area (Å²) in [6.07, 6.45) is 0.577. The summed E-state index contributed by atoms with van der Waals surface area (Å²) >= 11 is 0. The van der Waals surface area contributed by atoms with Gasteiger partial charge in [-0.15, -0.1) is 0 Å². The summed E-state index contributed by atoms with van der Waals surface area (Å²) in [4.78, 5) is 38.7. The summed E-state index contributed by atoms with van der Waals surface area (Å²) in [6, 6.07) is 0. The van der Waals surface area contributed by atoms with Gasteiger partial charge in [-0.1, -0.05) is 0 Å². The Hall–Kier alpha value is -1.92. The molecule has 3 amide bonds. The molecular weight excluding hydrogens is 248 g/mol. The molecule has 1 fully saturated rings. The molecule has 104 valence electrons. The van der Waals surface area contributed by atoms with Gasteiger partial charge in [0.15, 0.2) is 0 Å². The first-order chi connectivity index (χ1) is 8.84. The standard InChI is InChI=1S/C12H18N4O3/c1-12(2)11(19)15(3)6-7-16(12)10(18)8-4-5-9(17)14-13-8/h4-7H2,1-3H3,(H,14,17).